The molecule has 0 bridgehead atoms. The van der Waals surface area contributed by atoms with Crippen molar-refractivity contribution in [2.75, 3.05) is 17.7 Å². The molecule has 0 aliphatic heterocycles. The zero-order valence-corrected chi connectivity index (χ0v) is 19.8. The molecule has 0 atom stereocenters. The molecule has 1 aromatic carbocycles. The number of carbonyl (C=O) groups is 2. The largest absolute Gasteiger partial charge is 0.497 e. The Balaban J connectivity index is 1.30. The van der Waals surface area contributed by atoms with Crippen molar-refractivity contribution in [3.05, 3.63) is 63.8 Å². The first-order chi connectivity index (χ1) is 16.3. The second kappa shape index (κ2) is 9.87. The summed E-state index contributed by atoms with van der Waals surface area (Å²) in [6.45, 7) is 4.06. The van der Waals surface area contributed by atoms with Gasteiger partial charge in [0.15, 0.2) is 0 Å². The molecule has 0 radical (unpaired) electrons. The molecule has 0 saturated carbocycles. The average molecular weight is 481 g/mol. The SMILES string of the molecule is COc1ccc(NC(=O)Cn2cc(NC(=O)CCn3cnc4sc(C)c(C)c4c3=O)cn2)cc1. The molecule has 2 N–H and O–H groups in total. The van der Waals surface area contributed by atoms with Crippen LogP contribution in [0.3, 0.4) is 0 Å². The molecule has 3 heterocycles. The first kappa shape index (κ1) is 23.2. The summed E-state index contributed by atoms with van der Waals surface area (Å²) in [6.07, 6.45) is 4.61. The van der Waals surface area contributed by atoms with Gasteiger partial charge in [-0.1, -0.05) is 0 Å². The fourth-order valence-electron chi connectivity index (χ4n) is 3.41. The lowest BCUT2D eigenvalue weighted by atomic mass is 10.2. The van der Waals surface area contributed by atoms with Gasteiger partial charge in [0.1, 0.15) is 17.1 Å². The highest BCUT2D eigenvalue weighted by Gasteiger charge is 2.13. The van der Waals surface area contributed by atoms with E-state index in [9.17, 15) is 14.4 Å². The van der Waals surface area contributed by atoms with Crippen molar-refractivity contribution in [2.24, 2.45) is 0 Å². The van der Waals surface area contributed by atoms with Crippen molar-refractivity contribution in [3.63, 3.8) is 0 Å². The van der Waals surface area contributed by atoms with Crippen molar-refractivity contribution >= 4 is 44.7 Å². The summed E-state index contributed by atoms with van der Waals surface area (Å²) in [5.74, 6) is 0.170. The molecule has 4 rings (SSSR count). The summed E-state index contributed by atoms with van der Waals surface area (Å²) in [6, 6.07) is 6.99. The van der Waals surface area contributed by atoms with E-state index in [4.69, 9.17) is 4.74 Å². The standard InChI is InChI=1S/C23H24N6O4S/c1-14-15(2)34-22-21(14)23(32)28(13-24-22)9-8-19(30)27-17-10-25-29(11-17)12-20(31)26-16-4-6-18(33-3)7-5-16/h4-7,10-11,13H,8-9,12H2,1-3H3,(H,26,31)(H,27,30). The highest BCUT2D eigenvalue weighted by atomic mass is 32.1. The predicted octanol–water partition coefficient (Wildman–Crippen LogP) is 2.95. The monoisotopic (exact) mass is 480 g/mol. The van der Waals surface area contributed by atoms with E-state index in [1.807, 2.05) is 13.8 Å². The summed E-state index contributed by atoms with van der Waals surface area (Å²) in [5.41, 5.74) is 1.89. The summed E-state index contributed by atoms with van der Waals surface area (Å²) in [7, 11) is 1.57. The van der Waals surface area contributed by atoms with Crippen LogP contribution in [-0.2, 0) is 22.7 Å². The molecule has 4 aromatic rings. The number of benzene rings is 1. The smallest absolute Gasteiger partial charge is 0.262 e. The van der Waals surface area contributed by atoms with Crippen molar-refractivity contribution in [2.45, 2.75) is 33.4 Å². The van der Waals surface area contributed by atoms with Crippen LogP contribution >= 0.6 is 11.3 Å². The Morgan fingerprint density at radius 2 is 1.82 bits per heavy atom. The molecule has 34 heavy (non-hydrogen) atoms. The summed E-state index contributed by atoms with van der Waals surface area (Å²) in [5, 5.41) is 10.2. The van der Waals surface area contributed by atoms with Crippen LogP contribution in [0.4, 0.5) is 11.4 Å². The van der Waals surface area contributed by atoms with Gasteiger partial charge in [-0.2, -0.15) is 5.10 Å². The number of thiophene rings is 1. The van der Waals surface area contributed by atoms with Crippen molar-refractivity contribution in [3.8, 4) is 5.75 Å². The maximum Gasteiger partial charge on any atom is 0.262 e. The molecular weight excluding hydrogens is 456 g/mol. The fourth-order valence-corrected chi connectivity index (χ4v) is 4.40. The predicted molar refractivity (Wildman–Crippen MR) is 130 cm³/mol. The topological polar surface area (TPSA) is 120 Å². The average Bonchev–Trinajstić information content (AvgIpc) is 3.37. The molecule has 176 valence electrons. The third kappa shape index (κ3) is 5.15. The first-order valence-electron chi connectivity index (χ1n) is 10.6. The van der Waals surface area contributed by atoms with E-state index in [0.717, 1.165) is 10.4 Å². The van der Waals surface area contributed by atoms with Gasteiger partial charge in [0.25, 0.3) is 5.56 Å². The van der Waals surface area contributed by atoms with Crippen LogP contribution < -0.4 is 20.9 Å². The molecule has 0 unspecified atom stereocenters. The van der Waals surface area contributed by atoms with Gasteiger partial charge in [0, 0.05) is 29.7 Å². The minimum Gasteiger partial charge on any atom is -0.497 e. The number of nitrogens with one attached hydrogen (secondary N) is 2. The number of methoxy groups -OCH3 is 1. The third-order valence-electron chi connectivity index (χ3n) is 5.33. The van der Waals surface area contributed by atoms with Crippen LogP contribution in [0.15, 0.2) is 47.8 Å². The lowest BCUT2D eigenvalue weighted by Crippen LogP contribution is -2.23. The number of aromatic nitrogens is 4. The number of amides is 2. The van der Waals surface area contributed by atoms with Crippen LogP contribution in [0.2, 0.25) is 0 Å². The Morgan fingerprint density at radius 3 is 2.56 bits per heavy atom. The minimum atomic E-state index is -0.271. The lowest BCUT2D eigenvalue weighted by molar-refractivity contribution is -0.117. The molecular formula is C23H24N6O4S. The summed E-state index contributed by atoms with van der Waals surface area (Å²) in [4.78, 5) is 43.5. The molecule has 0 aliphatic rings. The number of ether oxygens (including phenoxy) is 1. The quantitative estimate of drug-likeness (QED) is 0.400. The number of hydrogen-bond donors (Lipinski definition) is 2. The summed E-state index contributed by atoms with van der Waals surface area (Å²) >= 11 is 1.49. The Morgan fingerprint density at radius 1 is 1.09 bits per heavy atom. The molecule has 11 heteroatoms. The second-order valence-electron chi connectivity index (χ2n) is 7.71. The zero-order chi connectivity index (χ0) is 24.2. The van der Waals surface area contributed by atoms with Crippen LogP contribution in [0.25, 0.3) is 10.2 Å². The maximum absolute atomic E-state index is 12.7. The first-order valence-corrected chi connectivity index (χ1v) is 11.4. The van der Waals surface area contributed by atoms with Crippen molar-refractivity contribution in [1.29, 1.82) is 0 Å². The van der Waals surface area contributed by atoms with E-state index in [1.54, 1.807) is 37.6 Å². The van der Waals surface area contributed by atoms with Gasteiger partial charge >= 0.3 is 0 Å². The molecule has 0 aliphatic carbocycles. The number of nitrogens with zero attached hydrogens (tertiary/aromatic N) is 4. The van der Waals surface area contributed by atoms with Crippen LogP contribution in [0.1, 0.15) is 16.9 Å². The van der Waals surface area contributed by atoms with Gasteiger partial charge < -0.3 is 15.4 Å². The van der Waals surface area contributed by atoms with Crippen LogP contribution in [0, 0.1) is 13.8 Å². The number of rotatable bonds is 8. The van der Waals surface area contributed by atoms with E-state index in [1.165, 1.54) is 33.1 Å². The van der Waals surface area contributed by atoms with Gasteiger partial charge in [-0.25, -0.2) is 4.98 Å². The molecule has 10 nitrogen and oxygen atoms in total. The molecule has 0 spiro atoms. The Kier molecular flexibility index (Phi) is 6.73. The highest BCUT2D eigenvalue weighted by Crippen LogP contribution is 2.25. The number of aryl methyl sites for hydroxylation is 3. The van der Waals surface area contributed by atoms with Gasteiger partial charge in [-0.3, -0.25) is 23.6 Å². The van der Waals surface area contributed by atoms with E-state index in [2.05, 4.69) is 20.7 Å². The van der Waals surface area contributed by atoms with Gasteiger partial charge in [0.2, 0.25) is 11.8 Å². The van der Waals surface area contributed by atoms with Gasteiger partial charge in [-0.05, 0) is 43.7 Å². The minimum absolute atomic E-state index is 0.0115. The lowest BCUT2D eigenvalue weighted by Gasteiger charge is -2.07. The number of anilines is 2. The van der Waals surface area contributed by atoms with Gasteiger partial charge in [0.05, 0.1) is 30.7 Å². The molecule has 2 amide bonds. The van der Waals surface area contributed by atoms with Crippen molar-refractivity contribution < 1.29 is 14.3 Å². The Hall–Kier alpha value is -3.99. The van der Waals surface area contributed by atoms with Crippen molar-refractivity contribution in [1.82, 2.24) is 19.3 Å². The highest BCUT2D eigenvalue weighted by molar-refractivity contribution is 7.18. The number of hydrogen-bond acceptors (Lipinski definition) is 7. The molecule has 0 saturated heterocycles. The van der Waals surface area contributed by atoms with Crippen LogP contribution in [0.5, 0.6) is 5.75 Å². The normalized spacial score (nSPS) is 10.9. The number of carbonyl (C=O) groups excluding carboxylic acids is 2. The third-order valence-corrected chi connectivity index (χ3v) is 6.45. The van der Waals surface area contributed by atoms with E-state index >= 15 is 0 Å². The van der Waals surface area contributed by atoms with Crippen LogP contribution in [-0.4, -0.2) is 38.3 Å². The molecule has 3 aromatic heterocycles. The second-order valence-corrected chi connectivity index (χ2v) is 8.91. The Labute approximate surface area is 199 Å². The van der Waals surface area contributed by atoms with Gasteiger partial charge in [-0.15, -0.1) is 11.3 Å². The number of fused-ring (bicyclic) bond motifs is 1. The maximum atomic E-state index is 12.7. The van der Waals surface area contributed by atoms with E-state index in [0.29, 0.717) is 27.3 Å². The van der Waals surface area contributed by atoms with E-state index < -0.39 is 0 Å². The molecule has 0 fully saturated rings. The zero-order valence-electron chi connectivity index (χ0n) is 19.0. The fraction of sp³-hybridized carbons (Fsp3) is 0.261. The Bertz CT molecular complexity index is 1400. The summed E-state index contributed by atoms with van der Waals surface area (Å²) < 4.78 is 7.98. The van der Waals surface area contributed by atoms with E-state index in [-0.39, 0.29) is 36.9 Å².